The van der Waals surface area contributed by atoms with Crippen LogP contribution in [-0.2, 0) is 9.59 Å². The molecule has 0 aromatic carbocycles. The lowest BCUT2D eigenvalue weighted by Crippen LogP contribution is -2.15. The summed E-state index contributed by atoms with van der Waals surface area (Å²) >= 11 is 0. The van der Waals surface area contributed by atoms with Gasteiger partial charge in [0.15, 0.2) is 0 Å². The number of amides is 1. The molecule has 0 saturated carbocycles. The van der Waals surface area contributed by atoms with Crippen LogP contribution in [0.25, 0.3) is 45.4 Å². The first-order valence-corrected chi connectivity index (χ1v) is 11.5. The number of hydrogen-bond acceptors (Lipinski definition) is 8. The van der Waals surface area contributed by atoms with Crippen molar-refractivity contribution < 1.29 is 54.3 Å². The second-order valence-electron chi connectivity index (χ2n) is 8.77. The lowest BCUT2D eigenvalue weighted by Gasteiger charge is -2.04. The van der Waals surface area contributed by atoms with Crippen molar-refractivity contribution in [2.75, 3.05) is 0 Å². The minimum Gasteiger partial charge on any atom is -0.478 e. The van der Waals surface area contributed by atoms with Crippen LogP contribution in [0.2, 0.25) is 0 Å². The molecule has 0 saturated heterocycles. The van der Waals surface area contributed by atoms with Crippen LogP contribution in [0.5, 0.6) is 0 Å². The third-order valence-electron chi connectivity index (χ3n) is 6.27. The van der Waals surface area contributed by atoms with E-state index < -0.39 is 86.1 Å². The number of carboxylic acids is 5. The van der Waals surface area contributed by atoms with Gasteiger partial charge in [-0.05, 0) is 36.4 Å². The second-order valence-corrected chi connectivity index (χ2v) is 8.77. The van der Waals surface area contributed by atoms with Crippen molar-refractivity contribution in [3.8, 4) is 0 Å². The number of rotatable bonds is 6. The summed E-state index contributed by atoms with van der Waals surface area (Å²) in [4.78, 5) is 87.9. The predicted molar refractivity (Wildman–Crippen MR) is 141 cm³/mol. The van der Waals surface area contributed by atoms with Crippen LogP contribution in [0.4, 0.5) is 0 Å². The van der Waals surface area contributed by atoms with Gasteiger partial charge in [0.25, 0.3) is 5.91 Å². The van der Waals surface area contributed by atoms with Crippen molar-refractivity contribution in [2.24, 2.45) is 5.73 Å². The molecule has 0 aliphatic carbocycles. The minimum absolute atomic E-state index is 0.162. The second kappa shape index (κ2) is 9.56. The summed E-state index contributed by atoms with van der Waals surface area (Å²) in [6.07, 6.45) is 3.00. The van der Waals surface area contributed by atoms with E-state index in [1.54, 1.807) is 0 Å². The van der Waals surface area contributed by atoms with Crippen LogP contribution in [0.15, 0.2) is 24.3 Å². The highest BCUT2D eigenvalue weighted by atomic mass is 16.4. The molecule has 0 unspecified atom stereocenters. The Morgan fingerprint density at radius 3 is 1.67 bits per heavy atom. The van der Waals surface area contributed by atoms with Crippen LogP contribution in [0.1, 0.15) is 64.2 Å². The number of aromatic amines is 2. The minimum atomic E-state index is -2.01. The summed E-state index contributed by atoms with van der Waals surface area (Å²) in [6.45, 7) is 0. The quantitative estimate of drug-likeness (QED) is 0.163. The van der Waals surface area contributed by atoms with Gasteiger partial charge in [-0.25, -0.2) is 33.9 Å². The number of nitrogens with zero attached hydrogens (tertiary/aromatic N) is 2. The SMILES string of the molecule is NC(=O)c1c(C(=O)O)c2[nH]c1cc1nc(cc3ccc([nH]3)c(C(=O)O)c3nc(c2C(=O)O)C(C(=O)O)=C3C(=O)O)C=C1. The largest absolute Gasteiger partial charge is 0.478 e. The number of fused-ring (bicyclic) bond motifs is 8. The normalized spacial score (nSPS) is 12.3. The molecule has 2 aliphatic rings. The highest BCUT2D eigenvalue weighted by Crippen LogP contribution is 2.37. The monoisotopic (exact) mass is 573 g/mol. The average Bonchev–Trinajstić information content (AvgIpc) is 3.65. The van der Waals surface area contributed by atoms with Gasteiger partial charge in [-0.2, -0.15) is 0 Å². The fourth-order valence-electron chi connectivity index (χ4n) is 4.70. The Labute approximate surface area is 230 Å². The van der Waals surface area contributed by atoms with Gasteiger partial charge in [0.05, 0.1) is 50.5 Å². The van der Waals surface area contributed by atoms with E-state index in [-0.39, 0.29) is 22.2 Å². The summed E-state index contributed by atoms with van der Waals surface area (Å²) in [6, 6.07) is 5.35. The fourth-order valence-corrected chi connectivity index (χ4v) is 4.70. The lowest BCUT2D eigenvalue weighted by atomic mass is 9.98. The predicted octanol–water partition coefficient (Wildman–Crippen LogP) is 1.76. The number of aromatic carboxylic acids is 3. The number of aromatic nitrogens is 4. The number of H-pyrrole nitrogens is 2. The van der Waals surface area contributed by atoms with Crippen LogP contribution in [0.3, 0.4) is 0 Å². The van der Waals surface area contributed by atoms with Crippen LogP contribution in [0, 0.1) is 0 Å². The number of carbonyl (C=O) groups is 6. The Morgan fingerprint density at radius 1 is 0.595 bits per heavy atom. The highest BCUT2D eigenvalue weighted by molar-refractivity contribution is 6.39. The summed E-state index contributed by atoms with van der Waals surface area (Å²) in [5.41, 5.74) is -3.30. The van der Waals surface area contributed by atoms with Crippen LogP contribution >= 0.6 is 0 Å². The molecule has 0 atom stereocenters. The standard InChI is InChI=1S/C26H15N5O11/c27-21(32)12-11-6-9-2-1-7(28-9)5-8-3-4-10(29-8)13(22(33)34)18-15(24(37)38)16(25(39)40)20(31-18)17(26(41)42)19(30-11)14(12)23(35)36/h1-6,29-30H,(H2,27,32)(H,33,34)(H,35,36)(H,37,38)(H,39,40)(H,41,42). The van der Waals surface area contributed by atoms with Gasteiger partial charge in [-0.15, -0.1) is 0 Å². The highest BCUT2D eigenvalue weighted by Gasteiger charge is 2.38. The van der Waals surface area contributed by atoms with Crippen molar-refractivity contribution >= 4 is 81.1 Å². The number of hydrogen-bond donors (Lipinski definition) is 8. The van der Waals surface area contributed by atoms with Gasteiger partial charge in [-0.1, -0.05) is 0 Å². The first-order chi connectivity index (χ1) is 19.8. The Kier molecular flexibility index (Phi) is 6.15. The molecule has 1 amide bonds. The zero-order chi connectivity index (χ0) is 30.6. The third kappa shape index (κ3) is 4.20. The topological polar surface area (TPSA) is 287 Å². The van der Waals surface area contributed by atoms with Crippen molar-refractivity contribution in [1.29, 1.82) is 0 Å². The number of carbonyl (C=O) groups excluding carboxylic acids is 1. The molecule has 2 aliphatic heterocycles. The van der Waals surface area contributed by atoms with E-state index >= 15 is 0 Å². The molecule has 5 rings (SSSR count). The fraction of sp³-hybridized carbons (Fsp3) is 0. The van der Waals surface area contributed by atoms with Crippen molar-refractivity contribution in [3.63, 3.8) is 0 Å². The van der Waals surface area contributed by atoms with E-state index in [4.69, 9.17) is 5.73 Å². The number of nitrogens with one attached hydrogen (secondary N) is 2. The average molecular weight is 573 g/mol. The Morgan fingerprint density at radius 2 is 1.14 bits per heavy atom. The summed E-state index contributed by atoms with van der Waals surface area (Å²) in [7, 11) is 0. The van der Waals surface area contributed by atoms with Gasteiger partial charge in [-0.3, -0.25) is 4.79 Å². The first kappa shape index (κ1) is 27.0. The molecular weight excluding hydrogens is 558 g/mol. The summed E-state index contributed by atoms with van der Waals surface area (Å²) < 4.78 is 0. The van der Waals surface area contributed by atoms with Crippen LogP contribution in [-0.4, -0.2) is 81.2 Å². The molecular formula is C26H15N5O11. The third-order valence-corrected chi connectivity index (χ3v) is 6.27. The number of nitrogens with two attached hydrogens (primary N) is 1. The first-order valence-electron chi connectivity index (χ1n) is 11.5. The molecule has 16 nitrogen and oxygen atoms in total. The molecule has 3 aromatic rings. The molecule has 16 heteroatoms. The maximum absolute atomic E-state index is 12.6. The molecule has 0 fully saturated rings. The van der Waals surface area contributed by atoms with E-state index in [0.717, 1.165) is 0 Å². The molecule has 210 valence electrons. The summed E-state index contributed by atoms with van der Waals surface area (Å²) in [5, 5.41) is 50.2. The molecule has 0 radical (unpaired) electrons. The van der Waals surface area contributed by atoms with E-state index in [0.29, 0.717) is 5.69 Å². The number of primary amides is 1. The van der Waals surface area contributed by atoms with Gasteiger partial charge < -0.3 is 41.2 Å². The Balaban J connectivity index is 2.21. The maximum atomic E-state index is 12.6. The summed E-state index contributed by atoms with van der Waals surface area (Å²) in [5.74, 6) is -10.9. The molecule has 5 heterocycles. The lowest BCUT2D eigenvalue weighted by molar-refractivity contribution is -0.132. The molecule has 42 heavy (non-hydrogen) atoms. The van der Waals surface area contributed by atoms with E-state index in [1.165, 1.54) is 36.4 Å². The van der Waals surface area contributed by atoms with Crippen LogP contribution < -0.4 is 5.73 Å². The van der Waals surface area contributed by atoms with E-state index in [1.807, 2.05) is 0 Å². The van der Waals surface area contributed by atoms with Crippen molar-refractivity contribution in [2.45, 2.75) is 0 Å². The van der Waals surface area contributed by atoms with E-state index in [2.05, 4.69) is 19.9 Å². The zero-order valence-electron chi connectivity index (χ0n) is 20.6. The zero-order valence-corrected chi connectivity index (χ0v) is 20.6. The number of carboxylic acid groups (broad SMARTS) is 5. The molecule has 0 spiro atoms. The maximum Gasteiger partial charge on any atom is 0.340 e. The molecule has 8 bridgehead atoms. The van der Waals surface area contributed by atoms with E-state index in [9.17, 15) is 54.3 Å². The van der Waals surface area contributed by atoms with Gasteiger partial charge in [0.2, 0.25) is 0 Å². The number of aliphatic carboxylic acids is 2. The Bertz CT molecular complexity index is 2060. The Hall–Kier alpha value is -6.58. The van der Waals surface area contributed by atoms with Gasteiger partial charge in [0.1, 0.15) is 22.3 Å². The van der Waals surface area contributed by atoms with Crippen molar-refractivity contribution in [3.05, 3.63) is 69.3 Å². The molecule has 9 N–H and O–H groups in total. The van der Waals surface area contributed by atoms with Gasteiger partial charge in [0, 0.05) is 5.52 Å². The van der Waals surface area contributed by atoms with Gasteiger partial charge >= 0.3 is 29.8 Å². The molecule has 3 aromatic heterocycles. The smallest absolute Gasteiger partial charge is 0.340 e. The van der Waals surface area contributed by atoms with Crippen molar-refractivity contribution in [1.82, 2.24) is 19.9 Å².